The Hall–Kier alpha value is -2.23. The number of nitrogens with zero attached hydrogens (tertiary/aromatic N) is 3. The number of pyridine rings is 1. The van der Waals surface area contributed by atoms with Crippen molar-refractivity contribution in [1.29, 1.82) is 0 Å². The molecule has 1 aromatic carbocycles. The van der Waals surface area contributed by atoms with Gasteiger partial charge in [-0.3, -0.25) is 4.98 Å². The fourth-order valence-corrected chi connectivity index (χ4v) is 1.55. The van der Waals surface area contributed by atoms with Crippen molar-refractivity contribution in [1.82, 2.24) is 20.4 Å². The van der Waals surface area contributed by atoms with Crippen LogP contribution in [0, 0.1) is 0 Å². The number of para-hydroxylation sites is 1. The average Bonchev–Trinajstić information content (AvgIpc) is 2.82. The molecule has 3 rings (SSSR count). The number of nitrogens with one attached hydrogen (secondary N) is 1. The van der Waals surface area contributed by atoms with E-state index in [4.69, 9.17) is 0 Å². The van der Waals surface area contributed by atoms with Crippen molar-refractivity contribution < 1.29 is 0 Å². The molecular formula is C11H8N4. The van der Waals surface area contributed by atoms with Crippen LogP contribution in [0.5, 0.6) is 0 Å². The summed E-state index contributed by atoms with van der Waals surface area (Å²) in [6, 6.07) is 10.1. The van der Waals surface area contributed by atoms with Gasteiger partial charge >= 0.3 is 0 Å². The maximum atomic E-state index is 4.36. The van der Waals surface area contributed by atoms with Crippen molar-refractivity contribution in [3.05, 3.63) is 42.7 Å². The minimum Gasteiger partial charge on any atom is -0.256 e. The maximum absolute atomic E-state index is 4.36. The third-order valence-electron chi connectivity index (χ3n) is 2.30. The van der Waals surface area contributed by atoms with Crippen LogP contribution in [0.25, 0.3) is 22.2 Å². The summed E-state index contributed by atoms with van der Waals surface area (Å²) in [7, 11) is 0. The van der Waals surface area contributed by atoms with Crippen LogP contribution in [0.2, 0.25) is 0 Å². The molecule has 0 saturated carbocycles. The predicted octanol–water partition coefficient (Wildman–Crippen LogP) is 2.02. The molecule has 2 heterocycles. The summed E-state index contributed by atoms with van der Waals surface area (Å²) in [6.45, 7) is 0. The molecule has 0 bridgehead atoms. The topological polar surface area (TPSA) is 54.5 Å². The summed E-state index contributed by atoms with van der Waals surface area (Å²) >= 11 is 0. The van der Waals surface area contributed by atoms with E-state index in [1.165, 1.54) is 0 Å². The number of hydrogen-bond acceptors (Lipinski definition) is 3. The average molecular weight is 196 g/mol. The number of aromatic amines is 1. The number of fused-ring (bicyclic) bond motifs is 1. The Morgan fingerprint density at radius 2 is 2.00 bits per heavy atom. The first-order valence-corrected chi connectivity index (χ1v) is 4.64. The molecule has 0 unspecified atom stereocenters. The maximum Gasteiger partial charge on any atom is 0.114 e. The van der Waals surface area contributed by atoms with Crippen LogP contribution in [0.15, 0.2) is 42.7 Å². The number of rotatable bonds is 1. The summed E-state index contributed by atoms with van der Waals surface area (Å²) in [5.41, 5.74) is 2.78. The van der Waals surface area contributed by atoms with Crippen LogP contribution in [0.3, 0.4) is 0 Å². The first-order chi connectivity index (χ1) is 7.43. The van der Waals surface area contributed by atoms with Crippen molar-refractivity contribution in [2.24, 2.45) is 0 Å². The molecule has 0 spiro atoms. The third-order valence-corrected chi connectivity index (χ3v) is 2.30. The Morgan fingerprint density at radius 1 is 1.07 bits per heavy atom. The Bertz CT molecular complexity index is 586. The normalized spacial score (nSPS) is 10.7. The largest absolute Gasteiger partial charge is 0.256 e. The SMILES string of the molecule is c1ccc2ncc(-c3cn[nH]n3)cc2c1. The molecule has 0 aliphatic heterocycles. The van der Waals surface area contributed by atoms with E-state index < -0.39 is 0 Å². The third kappa shape index (κ3) is 1.36. The van der Waals surface area contributed by atoms with Gasteiger partial charge in [0.15, 0.2) is 0 Å². The molecule has 15 heavy (non-hydrogen) atoms. The lowest BCUT2D eigenvalue weighted by Crippen LogP contribution is -1.82. The second kappa shape index (κ2) is 3.16. The summed E-state index contributed by atoms with van der Waals surface area (Å²) in [4.78, 5) is 4.36. The summed E-state index contributed by atoms with van der Waals surface area (Å²) < 4.78 is 0. The first kappa shape index (κ1) is 8.11. The van der Waals surface area contributed by atoms with Gasteiger partial charge in [0, 0.05) is 17.1 Å². The molecule has 4 nitrogen and oxygen atoms in total. The monoisotopic (exact) mass is 196 g/mol. The van der Waals surface area contributed by atoms with E-state index >= 15 is 0 Å². The molecule has 3 aromatic rings. The van der Waals surface area contributed by atoms with E-state index in [1.807, 2.05) is 24.3 Å². The molecule has 0 radical (unpaired) electrons. The fourth-order valence-electron chi connectivity index (χ4n) is 1.55. The van der Waals surface area contributed by atoms with Gasteiger partial charge in [-0.25, -0.2) is 0 Å². The fraction of sp³-hybridized carbons (Fsp3) is 0. The highest BCUT2D eigenvalue weighted by molar-refractivity contribution is 5.82. The molecule has 4 heteroatoms. The van der Waals surface area contributed by atoms with Crippen LogP contribution in [0.1, 0.15) is 0 Å². The molecule has 0 saturated heterocycles. The molecule has 0 aliphatic rings. The molecule has 0 aliphatic carbocycles. The molecule has 0 amide bonds. The highest BCUT2D eigenvalue weighted by Gasteiger charge is 2.02. The molecule has 1 N–H and O–H groups in total. The van der Waals surface area contributed by atoms with Crippen molar-refractivity contribution in [2.75, 3.05) is 0 Å². The highest BCUT2D eigenvalue weighted by atomic mass is 15.3. The van der Waals surface area contributed by atoms with Crippen LogP contribution in [0.4, 0.5) is 0 Å². The lowest BCUT2D eigenvalue weighted by atomic mass is 10.1. The van der Waals surface area contributed by atoms with Crippen LogP contribution in [-0.4, -0.2) is 20.4 Å². The van der Waals surface area contributed by atoms with Gasteiger partial charge < -0.3 is 0 Å². The van der Waals surface area contributed by atoms with Gasteiger partial charge in [0.25, 0.3) is 0 Å². The van der Waals surface area contributed by atoms with Crippen molar-refractivity contribution >= 4 is 10.9 Å². The zero-order chi connectivity index (χ0) is 10.1. The predicted molar refractivity (Wildman–Crippen MR) is 57.1 cm³/mol. The number of hydrogen-bond donors (Lipinski definition) is 1. The van der Waals surface area contributed by atoms with Crippen LogP contribution >= 0.6 is 0 Å². The molecule has 72 valence electrons. The Kier molecular flexibility index (Phi) is 1.71. The number of aromatic nitrogens is 4. The lowest BCUT2D eigenvalue weighted by Gasteiger charge is -1.98. The van der Waals surface area contributed by atoms with E-state index in [9.17, 15) is 0 Å². The van der Waals surface area contributed by atoms with Crippen molar-refractivity contribution in [3.8, 4) is 11.3 Å². The zero-order valence-electron chi connectivity index (χ0n) is 7.88. The zero-order valence-corrected chi connectivity index (χ0v) is 7.88. The van der Waals surface area contributed by atoms with Crippen LogP contribution < -0.4 is 0 Å². The Balaban J connectivity index is 2.22. The van der Waals surface area contributed by atoms with Gasteiger partial charge in [-0.1, -0.05) is 18.2 Å². The molecule has 2 aromatic heterocycles. The lowest BCUT2D eigenvalue weighted by molar-refractivity contribution is 0.942. The minimum absolute atomic E-state index is 0.813. The summed E-state index contributed by atoms with van der Waals surface area (Å²) in [5.74, 6) is 0. The summed E-state index contributed by atoms with van der Waals surface area (Å²) in [5, 5.41) is 11.5. The molecule has 0 fully saturated rings. The quantitative estimate of drug-likeness (QED) is 0.647. The highest BCUT2D eigenvalue weighted by Crippen LogP contribution is 2.19. The van der Waals surface area contributed by atoms with E-state index in [-0.39, 0.29) is 0 Å². The van der Waals surface area contributed by atoms with Crippen molar-refractivity contribution in [2.45, 2.75) is 0 Å². The summed E-state index contributed by atoms with van der Waals surface area (Å²) in [6.07, 6.45) is 3.49. The van der Waals surface area contributed by atoms with Gasteiger partial charge in [0.2, 0.25) is 0 Å². The van der Waals surface area contributed by atoms with Gasteiger partial charge in [-0.15, -0.1) is 0 Å². The number of H-pyrrole nitrogens is 1. The smallest absolute Gasteiger partial charge is 0.114 e. The van der Waals surface area contributed by atoms with Gasteiger partial charge in [0.1, 0.15) is 5.69 Å². The van der Waals surface area contributed by atoms with E-state index in [1.54, 1.807) is 12.4 Å². The number of benzene rings is 1. The first-order valence-electron chi connectivity index (χ1n) is 4.64. The standard InChI is InChI=1S/C11H8N4/c1-2-4-10-8(3-1)5-9(6-12-10)11-7-13-15-14-11/h1-7H,(H,13,14,15). The Morgan fingerprint density at radius 3 is 2.87 bits per heavy atom. The molecule has 0 atom stereocenters. The van der Waals surface area contributed by atoms with E-state index in [0.717, 1.165) is 22.2 Å². The van der Waals surface area contributed by atoms with Crippen molar-refractivity contribution in [3.63, 3.8) is 0 Å². The van der Waals surface area contributed by atoms with Crippen LogP contribution in [-0.2, 0) is 0 Å². The molecular weight excluding hydrogens is 188 g/mol. The minimum atomic E-state index is 0.813. The van der Waals surface area contributed by atoms with E-state index in [0.29, 0.717) is 0 Å². The van der Waals surface area contributed by atoms with Gasteiger partial charge in [0.05, 0.1) is 11.7 Å². The Labute approximate surface area is 86.0 Å². The second-order valence-electron chi connectivity index (χ2n) is 3.27. The second-order valence-corrected chi connectivity index (χ2v) is 3.27. The van der Waals surface area contributed by atoms with Gasteiger partial charge in [-0.05, 0) is 12.1 Å². The van der Waals surface area contributed by atoms with Gasteiger partial charge in [-0.2, -0.15) is 15.4 Å². The van der Waals surface area contributed by atoms with E-state index in [2.05, 4.69) is 26.5 Å².